The molecule has 1 aromatic rings. The first-order valence-corrected chi connectivity index (χ1v) is 9.33. The van der Waals surface area contributed by atoms with Crippen molar-refractivity contribution in [2.75, 3.05) is 32.7 Å². The first-order valence-electron chi connectivity index (χ1n) is 8.45. The second-order valence-corrected chi connectivity index (χ2v) is 7.65. The largest absolute Gasteiger partial charge is 0.352 e. The van der Waals surface area contributed by atoms with Gasteiger partial charge in [-0.25, -0.2) is 4.98 Å². The number of hydrogen-bond acceptors (Lipinski definition) is 5. The van der Waals surface area contributed by atoms with E-state index in [0.717, 1.165) is 30.9 Å². The molecule has 0 radical (unpaired) electrons. The SMILES string of the molecule is O=C(CN1CCN(C(=O)c2csc(C3CC3)n2)CC1)NC1CC1. The topological polar surface area (TPSA) is 65.5 Å². The van der Waals surface area contributed by atoms with Crippen molar-refractivity contribution in [2.45, 2.75) is 37.6 Å². The van der Waals surface area contributed by atoms with Crippen LogP contribution in [0.2, 0.25) is 0 Å². The maximum absolute atomic E-state index is 12.5. The number of rotatable bonds is 5. The lowest BCUT2D eigenvalue weighted by molar-refractivity contribution is -0.122. The van der Waals surface area contributed by atoms with E-state index < -0.39 is 0 Å². The molecule has 3 aliphatic rings. The van der Waals surface area contributed by atoms with Crippen LogP contribution >= 0.6 is 11.3 Å². The Labute approximate surface area is 139 Å². The molecule has 1 aliphatic heterocycles. The third-order valence-electron chi connectivity index (χ3n) is 4.64. The Bertz CT molecular complexity index is 601. The molecule has 0 atom stereocenters. The zero-order valence-electron chi connectivity index (χ0n) is 13.2. The highest BCUT2D eigenvalue weighted by Gasteiger charge is 2.30. The van der Waals surface area contributed by atoms with E-state index in [4.69, 9.17) is 0 Å². The zero-order chi connectivity index (χ0) is 15.8. The molecular weight excluding hydrogens is 312 g/mol. The maximum Gasteiger partial charge on any atom is 0.273 e. The van der Waals surface area contributed by atoms with E-state index in [0.29, 0.717) is 37.3 Å². The van der Waals surface area contributed by atoms with E-state index in [-0.39, 0.29) is 11.8 Å². The van der Waals surface area contributed by atoms with Crippen LogP contribution in [0.5, 0.6) is 0 Å². The summed E-state index contributed by atoms with van der Waals surface area (Å²) in [6, 6.07) is 0.413. The molecule has 1 saturated heterocycles. The summed E-state index contributed by atoms with van der Waals surface area (Å²) in [6.07, 6.45) is 4.65. The molecule has 0 unspecified atom stereocenters. The van der Waals surface area contributed by atoms with Crippen molar-refractivity contribution in [3.63, 3.8) is 0 Å². The number of thiazole rings is 1. The molecule has 4 rings (SSSR count). The van der Waals surface area contributed by atoms with Gasteiger partial charge in [-0.15, -0.1) is 11.3 Å². The lowest BCUT2D eigenvalue weighted by Gasteiger charge is -2.34. The van der Waals surface area contributed by atoms with Gasteiger partial charge < -0.3 is 10.2 Å². The monoisotopic (exact) mass is 334 g/mol. The van der Waals surface area contributed by atoms with E-state index in [1.54, 1.807) is 11.3 Å². The van der Waals surface area contributed by atoms with Crippen LogP contribution in [-0.2, 0) is 4.79 Å². The zero-order valence-corrected chi connectivity index (χ0v) is 14.0. The van der Waals surface area contributed by atoms with Gasteiger partial charge in [-0.1, -0.05) is 0 Å². The van der Waals surface area contributed by atoms with Crippen LogP contribution in [0.3, 0.4) is 0 Å². The Balaban J connectivity index is 1.26. The number of hydrogen-bond donors (Lipinski definition) is 1. The molecule has 7 heteroatoms. The Hall–Kier alpha value is -1.47. The van der Waals surface area contributed by atoms with E-state index in [1.807, 2.05) is 10.3 Å². The summed E-state index contributed by atoms with van der Waals surface area (Å²) >= 11 is 1.61. The first kappa shape index (κ1) is 15.1. The van der Waals surface area contributed by atoms with E-state index in [2.05, 4.69) is 15.2 Å². The second kappa shape index (κ2) is 6.20. The molecule has 3 fully saturated rings. The minimum atomic E-state index is 0.0373. The third kappa shape index (κ3) is 3.72. The molecule has 6 nitrogen and oxygen atoms in total. The maximum atomic E-state index is 12.5. The smallest absolute Gasteiger partial charge is 0.273 e. The highest BCUT2D eigenvalue weighted by Crippen LogP contribution is 2.41. The summed E-state index contributed by atoms with van der Waals surface area (Å²) in [4.78, 5) is 32.8. The number of piperazine rings is 1. The van der Waals surface area contributed by atoms with Gasteiger partial charge in [0, 0.05) is 43.5 Å². The summed E-state index contributed by atoms with van der Waals surface area (Å²) in [6.45, 7) is 3.30. The van der Waals surface area contributed by atoms with Gasteiger partial charge >= 0.3 is 0 Å². The summed E-state index contributed by atoms with van der Waals surface area (Å²) in [5.41, 5.74) is 0.594. The molecule has 2 amide bonds. The van der Waals surface area contributed by atoms with Crippen LogP contribution in [0, 0.1) is 0 Å². The van der Waals surface area contributed by atoms with Gasteiger partial charge in [0.1, 0.15) is 5.69 Å². The highest BCUT2D eigenvalue weighted by atomic mass is 32.1. The number of nitrogens with zero attached hydrogens (tertiary/aromatic N) is 3. The van der Waals surface area contributed by atoms with Crippen LogP contribution in [0.4, 0.5) is 0 Å². The molecule has 23 heavy (non-hydrogen) atoms. The van der Waals surface area contributed by atoms with Crippen molar-refractivity contribution in [1.82, 2.24) is 20.1 Å². The average molecular weight is 334 g/mol. The van der Waals surface area contributed by atoms with Gasteiger partial charge in [-0.05, 0) is 25.7 Å². The molecule has 0 bridgehead atoms. The van der Waals surface area contributed by atoms with Crippen LogP contribution in [0.15, 0.2) is 5.38 Å². The predicted octanol–water partition coefficient (Wildman–Crippen LogP) is 1.06. The summed E-state index contributed by atoms with van der Waals surface area (Å²) in [7, 11) is 0. The number of aromatic nitrogens is 1. The molecule has 2 saturated carbocycles. The predicted molar refractivity (Wildman–Crippen MR) is 87.6 cm³/mol. The van der Waals surface area contributed by atoms with Crippen molar-refractivity contribution in [2.24, 2.45) is 0 Å². The lowest BCUT2D eigenvalue weighted by Crippen LogP contribution is -2.51. The third-order valence-corrected chi connectivity index (χ3v) is 5.64. The quantitative estimate of drug-likeness (QED) is 0.874. The lowest BCUT2D eigenvalue weighted by atomic mass is 10.3. The minimum absolute atomic E-state index is 0.0373. The molecule has 0 aromatic carbocycles. The van der Waals surface area contributed by atoms with Gasteiger partial charge in [0.25, 0.3) is 5.91 Å². The number of nitrogens with one attached hydrogen (secondary N) is 1. The fraction of sp³-hybridized carbons (Fsp3) is 0.688. The van der Waals surface area contributed by atoms with Crippen molar-refractivity contribution in [3.8, 4) is 0 Å². The van der Waals surface area contributed by atoms with Gasteiger partial charge in [0.2, 0.25) is 5.91 Å². The Morgan fingerprint density at radius 1 is 1.17 bits per heavy atom. The average Bonchev–Trinajstić information content (AvgIpc) is 3.48. The van der Waals surface area contributed by atoms with Crippen molar-refractivity contribution < 1.29 is 9.59 Å². The fourth-order valence-corrected chi connectivity index (χ4v) is 3.84. The molecule has 1 N–H and O–H groups in total. The summed E-state index contributed by atoms with van der Waals surface area (Å²) in [5, 5.41) is 6.02. The van der Waals surface area contributed by atoms with Gasteiger partial charge in [0.15, 0.2) is 0 Å². The standard InChI is InChI=1S/C16H22N4O2S/c21-14(17-12-3-4-12)9-19-5-7-20(8-6-19)16(22)13-10-23-15(18-13)11-1-2-11/h10-12H,1-9H2,(H,17,21). The molecule has 2 heterocycles. The minimum Gasteiger partial charge on any atom is -0.352 e. The van der Waals surface area contributed by atoms with E-state index in [1.165, 1.54) is 12.8 Å². The second-order valence-electron chi connectivity index (χ2n) is 6.76. The molecule has 2 aliphatic carbocycles. The molecule has 1 aromatic heterocycles. The van der Waals surface area contributed by atoms with Crippen molar-refractivity contribution in [1.29, 1.82) is 0 Å². The van der Waals surface area contributed by atoms with Crippen molar-refractivity contribution in [3.05, 3.63) is 16.1 Å². The van der Waals surface area contributed by atoms with Crippen LogP contribution < -0.4 is 5.32 Å². The Morgan fingerprint density at radius 3 is 2.57 bits per heavy atom. The first-order chi connectivity index (χ1) is 11.2. The Morgan fingerprint density at radius 2 is 1.91 bits per heavy atom. The van der Waals surface area contributed by atoms with Crippen LogP contribution in [0.1, 0.15) is 47.1 Å². The van der Waals surface area contributed by atoms with E-state index >= 15 is 0 Å². The number of carbonyl (C=O) groups excluding carboxylic acids is 2. The highest BCUT2D eigenvalue weighted by molar-refractivity contribution is 7.10. The van der Waals surface area contributed by atoms with Gasteiger partial charge in [-0.3, -0.25) is 14.5 Å². The van der Waals surface area contributed by atoms with E-state index in [9.17, 15) is 9.59 Å². The van der Waals surface area contributed by atoms with Gasteiger partial charge in [-0.2, -0.15) is 0 Å². The van der Waals surface area contributed by atoms with Crippen LogP contribution in [-0.4, -0.2) is 65.4 Å². The Kier molecular flexibility index (Phi) is 4.07. The van der Waals surface area contributed by atoms with Gasteiger partial charge in [0.05, 0.1) is 11.6 Å². The number of amides is 2. The summed E-state index contributed by atoms with van der Waals surface area (Å²) in [5.74, 6) is 0.750. The van der Waals surface area contributed by atoms with Crippen LogP contribution in [0.25, 0.3) is 0 Å². The molecule has 0 spiro atoms. The molecular formula is C16H22N4O2S. The van der Waals surface area contributed by atoms with Crippen molar-refractivity contribution >= 4 is 23.2 Å². The molecule has 124 valence electrons. The fourth-order valence-electron chi connectivity index (χ4n) is 2.88. The number of carbonyl (C=O) groups is 2. The normalized spacial score (nSPS) is 22.2. The summed E-state index contributed by atoms with van der Waals surface area (Å²) < 4.78 is 0.